The van der Waals surface area contributed by atoms with Crippen LogP contribution in [0.3, 0.4) is 0 Å². The normalized spacial score (nSPS) is 10.5. The maximum absolute atomic E-state index is 13.7. The third kappa shape index (κ3) is 4.79. The molecule has 0 bridgehead atoms. The molecule has 0 spiro atoms. The van der Waals surface area contributed by atoms with Crippen LogP contribution in [0.4, 0.5) is 10.1 Å². The third-order valence-electron chi connectivity index (χ3n) is 4.43. The molecule has 0 aromatic heterocycles. The summed E-state index contributed by atoms with van der Waals surface area (Å²) in [6.07, 6.45) is 0. The van der Waals surface area contributed by atoms with Crippen LogP contribution in [-0.2, 0) is 13.2 Å². The first-order chi connectivity index (χ1) is 13.1. The van der Waals surface area contributed by atoms with Gasteiger partial charge in [-0.3, -0.25) is 0 Å². The molecule has 0 fully saturated rings. The smallest absolute Gasteiger partial charge is 0.161 e. The molecular formula is C23H24FNO2. The van der Waals surface area contributed by atoms with Gasteiger partial charge >= 0.3 is 0 Å². The minimum absolute atomic E-state index is 0.156. The Kier molecular flexibility index (Phi) is 5.97. The van der Waals surface area contributed by atoms with Crippen molar-refractivity contribution in [1.29, 1.82) is 0 Å². The number of aryl methyl sites for hydroxylation is 2. The monoisotopic (exact) mass is 365 g/mol. The minimum Gasteiger partial charge on any atom is -0.493 e. The number of benzene rings is 3. The van der Waals surface area contributed by atoms with E-state index < -0.39 is 0 Å². The Bertz CT molecular complexity index is 924. The molecule has 3 nitrogen and oxygen atoms in total. The summed E-state index contributed by atoms with van der Waals surface area (Å²) in [7, 11) is 1.60. The molecule has 140 valence electrons. The van der Waals surface area contributed by atoms with E-state index in [1.54, 1.807) is 25.3 Å². The van der Waals surface area contributed by atoms with Gasteiger partial charge in [-0.05, 0) is 49.2 Å². The highest BCUT2D eigenvalue weighted by atomic mass is 19.1. The van der Waals surface area contributed by atoms with E-state index in [0.717, 1.165) is 11.3 Å². The van der Waals surface area contributed by atoms with E-state index in [4.69, 9.17) is 9.47 Å². The molecule has 3 rings (SSSR count). The molecule has 27 heavy (non-hydrogen) atoms. The molecule has 0 amide bonds. The Morgan fingerprint density at radius 1 is 0.926 bits per heavy atom. The Balaban J connectivity index is 1.67. The number of ether oxygens (including phenoxy) is 2. The van der Waals surface area contributed by atoms with Crippen LogP contribution in [0.25, 0.3) is 0 Å². The van der Waals surface area contributed by atoms with Crippen molar-refractivity contribution < 1.29 is 13.9 Å². The molecule has 3 aromatic carbocycles. The SMILES string of the molecule is COc1cc(CNc2ccc(C)cc2C)ccc1OCc1ccccc1F. The van der Waals surface area contributed by atoms with Crippen LogP contribution < -0.4 is 14.8 Å². The summed E-state index contributed by atoms with van der Waals surface area (Å²) in [6, 6.07) is 18.7. The molecular weight excluding hydrogens is 341 g/mol. The molecule has 4 heteroatoms. The third-order valence-corrected chi connectivity index (χ3v) is 4.43. The molecule has 0 radical (unpaired) electrons. The molecule has 0 saturated carbocycles. The second-order valence-electron chi connectivity index (χ2n) is 6.54. The van der Waals surface area contributed by atoms with Crippen molar-refractivity contribution in [2.45, 2.75) is 27.0 Å². The van der Waals surface area contributed by atoms with Crippen molar-refractivity contribution in [2.75, 3.05) is 12.4 Å². The molecule has 0 aliphatic carbocycles. The van der Waals surface area contributed by atoms with Crippen molar-refractivity contribution in [1.82, 2.24) is 0 Å². The van der Waals surface area contributed by atoms with Crippen LogP contribution in [0.15, 0.2) is 60.7 Å². The van der Waals surface area contributed by atoms with Crippen LogP contribution >= 0.6 is 0 Å². The number of anilines is 1. The van der Waals surface area contributed by atoms with Gasteiger partial charge in [-0.1, -0.05) is 42.0 Å². The van der Waals surface area contributed by atoms with Gasteiger partial charge in [0.25, 0.3) is 0 Å². The highest BCUT2D eigenvalue weighted by Gasteiger charge is 2.08. The van der Waals surface area contributed by atoms with Crippen molar-refractivity contribution in [3.63, 3.8) is 0 Å². The largest absolute Gasteiger partial charge is 0.493 e. The molecule has 3 aromatic rings. The second kappa shape index (κ2) is 8.58. The van der Waals surface area contributed by atoms with Crippen LogP contribution in [-0.4, -0.2) is 7.11 Å². The zero-order valence-electron chi connectivity index (χ0n) is 15.9. The van der Waals surface area contributed by atoms with Gasteiger partial charge in [-0.2, -0.15) is 0 Å². The van der Waals surface area contributed by atoms with Gasteiger partial charge in [0.15, 0.2) is 11.5 Å². The summed E-state index contributed by atoms with van der Waals surface area (Å²) in [4.78, 5) is 0. The van der Waals surface area contributed by atoms with Gasteiger partial charge in [0.05, 0.1) is 7.11 Å². The lowest BCUT2D eigenvalue weighted by atomic mass is 10.1. The molecule has 0 unspecified atom stereocenters. The molecule has 0 saturated heterocycles. The quantitative estimate of drug-likeness (QED) is 0.587. The summed E-state index contributed by atoms with van der Waals surface area (Å²) in [5, 5.41) is 3.45. The van der Waals surface area contributed by atoms with E-state index in [0.29, 0.717) is 23.6 Å². The van der Waals surface area contributed by atoms with Crippen LogP contribution in [0.1, 0.15) is 22.3 Å². The summed E-state index contributed by atoms with van der Waals surface area (Å²) < 4.78 is 24.9. The van der Waals surface area contributed by atoms with Gasteiger partial charge in [0, 0.05) is 17.8 Å². The Hall–Kier alpha value is -3.01. The number of rotatable bonds is 7. The highest BCUT2D eigenvalue weighted by molar-refractivity contribution is 5.53. The maximum atomic E-state index is 13.7. The van der Waals surface area contributed by atoms with E-state index in [1.807, 2.05) is 18.2 Å². The molecule has 0 atom stereocenters. The van der Waals surface area contributed by atoms with E-state index in [1.165, 1.54) is 17.2 Å². The van der Waals surface area contributed by atoms with Crippen molar-refractivity contribution in [2.24, 2.45) is 0 Å². The number of nitrogens with one attached hydrogen (secondary N) is 1. The second-order valence-corrected chi connectivity index (χ2v) is 6.54. The number of hydrogen-bond acceptors (Lipinski definition) is 3. The first-order valence-corrected chi connectivity index (χ1v) is 8.91. The van der Waals surface area contributed by atoms with Gasteiger partial charge in [0.1, 0.15) is 12.4 Å². The van der Waals surface area contributed by atoms with E-state index in [2.05, 4.69) is 37.4 Å². The lowest BCUT2D eigenvalue weighted by Gasteiger charge is -2.14. The number of hydrogen-bond donors (Lipinski definition) is 1. The van der Waals surface area contributed by atoms with Crippen LogP contribution in [0.2, 0.25) is 0 Å². The summed E-state index contributed by atoms with van der Waals surface area (Å²) >= 11 is 0. The first kappa shape index (κ1) is 18.8. The average molecular weight is 365 g/mol. The van der Waals surface area contributed by atoms with Crippen molar-refractivity contribution in [3.05, 3.63) is 88.7 Å². The first-order valence-electron chi connectivity index (χ1n) is 8.91. The standard InChI is InChI=1S/C23H24FNO2/c1-16-8-10-21(17(2)12-16)25-14-18-9-11-22(23(13-18)26-3)27-15-19-6-4-5-7-20(19)24/h4-13,25H,14-15H2,1-3H3. The zero-order valence-corrected chi connectivity index (χ0v) is 15.9. The van der Waals surface area contributed by atoms with Crippen LogP contribution in [0.5, 0.6) is 11.5 Å². The topological polar surface area (TPSA) is 30.5 Å². The van der Waals surface area contributed by atoms with E-state index >= 15 is 0 Å². The predicted molar refractivity (Wildman–Crippen MR) is 107 cm³/mol. The fraction of sp³-hybridized carbons (Fsp3) is 0.217. The van der Waals surface area contributed by atoms with Gasteiger partial charge < -0.3 is 14.8 Å². The number of halogens is 1. The molecule has 1 N–H and O–H groups in total. The summed E-state index contributed by atoms with van der Waals surface area (Å²) in [5.41, 5.74) is 5.16. The maximum Gasteiger partial charge on any atom is 0.161 e. The molecule has 0 aliphatic rings. The van der Waals surface area contributed by atoms with Crippen LogP contribution in [0, 0.1) is 19.7 Å². The fourth-order valence-corrected chi connectivity index (χ4v) is 2.92. The summed E-state index contributed by atoms with van der Waals surface area (Å²) in [5.74, 6) is 0.952. The summed E-state index contributed by atoms with van der Waals surface area (Å²) in [6.45, 7) is 5.01. The predicted octanol–water partition coefficient (Wildman–Crippen LogP) is 5.64. The van der Waals surface area contributed by atoms with Gasteiger partial charge in [0.2, 0.25) is 0 Å². The minimum atomic E-state index is -0.272. The van der Waals surface area contributed by atoms with E-state index in [9.17, 15) is 4.39 Å². The Morgan fingerprint density at radius 3 is 2.48 bits per heavy atom. The fourth-order valence-electron chi connectivity index (χ4n) is 2.92. The van der Waals surface area contributed by atoms with E-state index in [-0.39, 0.29) is 12.4 Å². The lowest BCUT2D eigenvalue weighted by Crippen LogP contribution is -2.03. The van der Waals surface area contributed by atoms with Crippen molar-refractivity contribution in [3.8, 4) is 11.5 Å². The Labute approximate surface area is 159 Å². The zero-order chi connectivity index (χ0) is 19.2. The lowest BCUT2D eigenvalue weighted by molar-refractivity contribution is 0.279. The number of methoxy groups -OCH3 is 1. The molecule has 0 aliphatic heterocycles. The highest BCUT2D eigenvalue weighted by Crippen LogP contribution is 2.29. The Morgan fingerprint density at radius 2 is 1.74 bits per heavy atom. The molecule has 0 heterocycles. The van der Waals surface area contributed by atoms with Gasteiger partial charge in [-0.25, -0.2) is 4.39 Å². The van der Waals surface area contributed by atoms with Gasteiger partial charge in [-0.15, -0.1) is 0 Å². The van der Waals surface area contributed by atoms with Crippen molar-refractivity contribution >= 4 is 5.69 Å². The average Bonchev–Trinajstić information content (AvgIpc) is 2.67.